The number of hydrogen-bond donors (Lipinski definition) is 2. The van der Waals surface area contributed by atoms with Crippen LogP contribution < -0.4 is 29.6 Å². The monoisotopic (exact) mass is 388 g/mol. The molecule has 0 bridgehead atoms. The molecule has 8 heteroatoms. The fraction of sp³-hybridized carbons (Fsp3) is 0.300. The van der Waals surface area contributed by atoms with E-state index >= 15 is 0 Å². The summed E-state index contributed by atoms with van der Waals surface area (Å²) in [4.78, 5) is 23.8. The maximum Gasteiger partial charge on any atom is 0.228 e. The topological polar surface area (TPSA) is 95.1 Å². The summed E-state index contributed by atoms with van der Waals surface area (Å²) >= 11 is 0. The van der Waals surface area contributed by atoms with Gasteiger partial charge in [0.15, 0.2) is 11.5 Å². The Morgan fingerprint density at radius 1 is 0.821 bits per heavy atom. The van der Waals surface area contributed by atoms with Gasteiger partial charge in [-0.05, 0) is 35.9 Å². The first-order chi connectivity index (χ1) is 13.4. The van der Waals surface area contributed by atoms with Gasteiger partial charge in [-0.1, -0.05) is 0 Å². The lowest BCUT2D eigenvalue weighted by molar-refractivity contribution is -0.116. The Balaban J connectivity index is 2.23. The number of carbonyl (C=O) groups is 2. The van der Waals surface area contributed by atoms with Crippen molar-refractivity contribution in [2.45, 2.75) is 13.3 Å². The Bertz CT molecular complexity index is 841. The van der Waals surface area contributed by atoms with Crippen LogP contribution >= 0.6 is 0 Å². The number of ether oxygens (including phenoxy) is 4. The number of anilines is 2. The molecule has 0 radical (unpaired) electrons. The van der Waals surface area contributed by atoms with Crippen LogP contribution in [0.15, 0.2) is 30.3 Å². The maximum absolute atomic E-state index is 12.6. The number of benzene rings is 2. The van der Waals surface area contributed by atoms with Gasteiger partial charge >= 0.3 is 0 Å². The van der Waals surface area contributed by atoms with Crippen molar-refractivity contribution in [2.24, 2.45) is 0 Å². The molecule has 2 aromatic rings. The van der Waals surface area contributed by atoms with Crippen molar-refractivity contribution in [1.29, 1.82) is 0 Å². The van der Waals surface area contributed by atoms with E-state index in [4.69, 9.17) is 18.9 Å². The number of rotatable bonds is 8. The average molecular weight is 388 g/mol. The molecule has 2 amide bonds. The van der Waals surface area contributed by atoms with Crippen molar-refractivity contribution in [2.75, 3.05) is 39.1 Å². The van der Waals surface area contributed by atoms with E-state index in [1.165, 1.54) is 35.4 Å². The Kier molecular flexibility index (Phi) is 7.08. The highest BCUT2D eigenvalue weighted by Gasteiger charge is 2.16. The quantitative estimate of drug-likeness (QED) is 0.722. The standard InChI is InChI=1S/C20H24N2O6/c1-12(23)21-14-6-7-16(25-2)15(11-14)22-19(24)10-13-8-17(26-3)20(28-5)18(9-13)27-4/h6-9,11H,10H2,1-5H3,(H,21,23)(H,22,24). The molecule has 8 nitrogen and oxygen atoms in total. The molecule has 150 valence electrons. The van der Waals surface area contributed by atoms with Crippen LogP contribution in [0.2, 0.25) is 0 Å². The molecule has 2 rings (SSSR count). The number of nitrogens with one attached hydrogen (secondary N) is 2. The molecule has 0 heterocycles. The second-order valence-corrected chi connectivity index (χ2v) is 5.85. The fourth-order valence-electron chi connectivity index (χ4n) is 2.70. The summed E-state index contributed by atoms with van der Waals surface area (Å²) in [5, 5.41) is 5.47. The Labute approximate surface area is 163 Å². The summed E-state index contributed by atoms with van der Waals surface area (Å²) in [6.07, 6.45) is 0.0736. The summed E-state index contributed by atoms with van der Waals surface area (Å²) in [6, 6.07) is 8.42. The fourth-order valence-corrected chi connectivity index (χ4v) is 2.70. The number of carbonyl (C=O) groups excluding carboxylic acids is 2. The van der Waals surface area contributed by atoms with Gasteiger partial charge in [-0.15, -0.1) is 0 Å². The van der Waals surface area contributed by atoms with Gasteiger partial charge in [0.05, 0.1) is 40.5 Å². The molecule has 0 aliphatic heterocycles. The summed E-state index contributed by atoms with van der Waals surface area (Å²) < 4.78 is 21.2. The molecule has 2 N–H and O–H groups in total. The van der Waals surface area contributed by atoms with Gasteiger partial charge in [-0.25, -0.2) is 0 Å². The molecule has 2 aromatic carbocycles. The van der Waals surface area contributed by atoms with Gasteiger partial charge in [-0.2, -0.15) is 0 Å². The van der Waals surface area contributed by atoms with Gasteiger partial charge < -0.3 is 29.6 Å². The first kappa shape index (κ1) is 20.9. The number of hydrogen-bond acceptors (Lipinski definition) is 6. The van der Waals surface area contributed by atoms with Crippen LogP contribution in [0, 0.1) is 0 Å². The van der Waals surface area contributed by atoms with Crippen molar-refractivity contribution in [1.82, 2.24) is 0 Å². The highest BCUT2D eigenvalue weighted by Crippen LogP contribution is 2.38. The molecule has 0 aliphatic carbocycles. The molecule has 28 heavy (non-hydrogen) atoms. The SMILES string of the molecule is COc1ccc(NC(C)=O)cc1NC(=O)Cc1cc(OC)c(OC)c(OC)c1. The van der Waals surface area contributed by atoms with E-state index in [9.17, 15) is 9.59 Å². The second-order valence-electron chi connectivity index (χ2n) is 5.85. The lowest BCUT2D eigenvalue weighted by Gasteiger charge is -2.15. The van der Waals surface area contributed by atoms with Crippen molar-refractivity contribution in [3.8, 4) is 23.0 Å². The molecule has 0 atom stereocenters. The lowest BCUT2D eigenvalue weighted by Crippen LogP contribution is -2.16. The molecule has 0 aromatic heterocycles. The van der Waals surface area contributed by atoms with Crippen LogP contribution in [-0.4, -0.2) is 40.3 Å². The predicted molar refractivity (Wildman–Crippen MR) is 106 cm³/mol. The summed E-state index contributed by atoms with van der Waals surface area (Å²) in [5.41, 5.74) is 1.69. The highest BCUT2D eigenvalue weighted by atomic mass is 16.5. The van der Waals surface area contributed by atoms with E-state index in [1.807, 2.05) is 0 Å². The van der Waals surface area contributed by atoms with E-state index in [0.717, 1.165) is 0 Å². The molecule has 0 aliphatic rings. The van der Waals surface area contributed by atoms with E-state index in [1.54, 1.807) is 30.3 Å². The third-order valence-electron chi connectivity index (χ3n) is 3.88. The smallest absolute Gasteiger partial charge is 0.228 e. The normalized spacial score (nSPS) is 10.0. The molecular weight excluding hydrogens is 364 g/mol. The largest absolute Gasteiger partial charge is 0.495 e. The van der Waals surface area contributed by atoms with Crippen molar-refractivity contribution >= 4 is 23.2 Å². The van der Waals surface area contributed by atoms with Crippen LogP contribution in [0.25, 0.3) is 0 Å². The molecule has 0 saturated heterocycles. The summed E-state index contributed by atoms with van der Waals surface area (Å²) in [6.45, 7) is 1.41. The minimum Gasteiger partial charge on any atom is -0.495 e. The van der Waals surface area contributed by atoms with Crippen LogP contribution in [-0.2, 0) is 16.0 Å². The van der Waals surface area contributed by atoms with Crippen molar-refractivity contribution < 1.29 is 28.5 Å². The maximum atomic E-state index is 12.6. The van der Waals surface area contributed by atoms with Crippen LogP contribution in [0.4, 0.5) is 11.4 Å². The summed E-state index contributed by atoms with van der Waals surface area (Å²) in [5.74, 6) is 1.39. The minimum absolute atomic E-state index is 0.0736. The van der Waals surface area contributed by atoms with E-state index < -0.39 is 0 Å². The summed E-state index contributed by atoms with van der Waals surface area (Å²) in [7, 11) is 6.04. The first-order valence-corrected chi connectivity index (χ1v) is 8.46. The van der Waals surface area contributed by atoms with Gasteiger partial charge in [0, 0.05) is 12.6 Å². The molecular formula is C20H24N2O6. The van der Waals surface area contributed by atoms with Gasteiger partial charge in [0.2, 0.25) is 17.6 Å². The molecule has 0 spiro atoms. The van der Waals surface area contributed by atoms with Gasteiger partial charge in [0.1, 0.15) is 5.75 Å². The zero-order valence-electron chi connectivity index (χ0n) is 16.5. The van der Waals surface area contributed by atoms with Crippen molar-refractivity contribution in [3.63, 3.8) is 0 Å². The van der Waals surface area contributed by atoms with Crippen LogP contribution in [0.1, 0.15) is 12.5 Å². The van der Waals surface area contributed by atoms with Gasteiger partial charge in [0.25, 0.3) is 0 Å². The zero-order valence-corrected chi connectivity index (χ0v) is 16.5. The molecule has 0 unspecified atom stereocenters. The zero-order chi connectivity index (χ0) is 20.7. The molecule has 0 saturated carbocycles. The predicted octanol–water partition coefficient (Wildman–Crippen LogP) is 2.86. The first-order valence-electron chi connectivity index (χ1n) is 8.46. The average Bonchev–Trinajstić information content (AvgIpc) is 2.66. The number of amides is 2. The lowest BCUT2D eigenvalue weighted by atomic mass is 10.1. The Hall–Kier alpha value is -3.42. The van der Waals surface area contributed by atoms with Crippen LogP contribution in [0.3, 0.4) is 0 Å². The van der Waals surface area contributed by atoms with E-state index in [0.29, 0.717) is 39.9 Å². The molecule has 0 fully saturated rings. The van der Waals surface area contributed by atoms with Crippen molar-refractivity contribution in [3.05, 3.63) is 35.9 Å². The third kappa shape index (κ3) is 5.06. The van der Waals surface area contributed by atoms with E-state index in [-0.39, 0.29) is 18.2 Å². The number of methoxy groups -OCH3 is 4. The van der Waals surface area contributed by atoms with Crippen LogP contribution in [0.5, 0.6) is 23.0 Å². The third-order valence-corrected chi connectivity index (χ3v) is 3.88. The minimum atomic E-state index is -0.271. The Morgan fingerprint density at radius 3 is 1.93 bits per heavy atom. The second kappa shape index (κ2) is 9.50. The Morgan fingerprint density at radius 2 is 1.43 bits per heavy atom. The van der Waals surface area contributed by atoms with E-state index in [2.05, 4.69) is 10.6 Å². The van der Waals surface area contributed by atoms with Gasteiger partial charge in [-0.3, -0.25) is 9.59 Å². The highest BCUT2D eigenvalue weighted by molar-refractivity contribution is 5.96.